The molecule has 6 nitrogen and oxygen atoms in total. The summed E-state index contributed by atoms with van der Waals surface area (Å²) < 4.78 is 11.0. The summed E-state index contributed by atoms with van der Waals surface area (Å²) in [4.78, 5) is 40.6. The van der Waals surface area contributed by atoms with Crippen LogP contribution in [0.2, 0.25) is 0 Å². The highest BCUT2D eigenvalue weighted by Crippen LogP contribution is 2.19. The lowest BCUT2D eigenvalue weighted by atomic mass is 10.1. The van der Waals surface area contributed by atoms with Crippen LogP contribution in [0, 0.1) is 11.8 Å². The zero-order valence-electron chi connectivity index (χ0n) is 20.5. The van der Waals surface area contributed by atoms with E-state index in [0.29, 0.717) is 6.42 Å². The van der Waals surface area contributed by atoms with E-state index in [0.717, 1.165) is 18.4 Å². The molecule has 32 heavy (non-hydrogen) atoms. The van der Waals surface area contributed by atoms with E-state index in [9.17, 15) is 14.4 Å². The van der Waals surface area contributed by atoms with Gasteiger partial charge in [0, 0.05) is 13.0 Å². The molecule has 6 heteroatoms. The molecular weight excluding hydrogens is 406 g/mol. The first-order valence-corrected chi connectivity index (χ1v) is 11.1. The smallest absolute Gasteiger partial charge is 0.341 e. The quantitative estimate of drug-likeness (QED) is 0.253. The maximum Gasteiger partial charge on any atom is 0.341 e. The van der Waals surface area contributed by atoms with E-state index in [1.165, 1.54) is 4.90 Å². The van der Waals surface area contributed by atoms with E-state index < -0.39 is 35.1 Å². The Morgan fingerprint density at radius 2 is 1.44 bits per heavy atom. The third-order valence-corrected chi connectivity index (χ3v) is 4.11. The lowest BCUT2D eigenvalue weighted by Crippen LogP contribution is -2.53. The summed E-state index contributed by atoms with van der Waals surface area (Å²) in [7, 11) is 0. The van der Waals surface area contributed by atoms with Crippen molar-refractivity contribution in [3.8, 4) is 11.8 Å². The molecule has 0 N–H and O–H groups in total. The van der Waals surface area contributed by atoms with Crippen molar-refractivity contribution in [2.75, 3.05) is 0 Å². The van der Waals surface area contributed by atoms with Crippen LogP contribution in [0.15, 0.2) is 30.3 Å². The predicted molar refractivity (Wildman–Crippen MR) is 124 cm³/mol. The largest absolute Gasteiger partial charge is 0.458 e. The van der Waals surface area contributed by atoms with Crippen LogP contribution in [0.4, 0.5) is 0 Å². The van der Waals surface area contributed by atoms with Crippen LogP contribution in [-0.4, -0.2) is 40.0 Å². The van der Waals surface area contributed by atoms with Gasteiger partial charge in [0.15, 0.2) is 0 Å². The molecule has 0 spiro atoms. The molecule has 0 heterocycles. The third kappa shape index (κ3) is 10.5. The van der Waals surface area contributed by atoms with Crippen molar-refractivity contribution in [3.63, 3.8) is 0 Å². The molecule has 0 bridgehead atoms. The summed E-state index contributed by atoms with van der Waals surface area (Å²) >= 11 is 0. The van der Waals surface area contributed by atoms with Gasteiger partial charge in [-0.2, -0.15) is 0 Å². The van der Waals surface area contributed by atoms with Crippen LogP contribution in [0.25, 0.3) is 0 Å². The van der Waals surface area contributed by atoms with Gasteiger partial charge in [-0.25, -0.2) is 9.59 Å². The number of hydrogen-bond acceptors (Lipinski definition) is 5. The molecule has 0 atom stereocenters. The van der Waals surface area contributed by atoms with Gasteiger partial charge in [-0.3, -0.25) is 4.79 Å². The molecule has 0 unspecified atom stereocenters. The van der Waals surface area contributed by atoms with Crippen molar-refractivity contribution < 1.29 is 23.9 Å². The third-order valence-electron chi connectivity index (χ3n) is 4.11. The zero-order valence-corrected chi connectivity index (χ0v) is 20.5. The van der Waals surface area contributed by atoms with E-state index in [-0.39, 0.29) is 13.0 Å². The van der Waals surface area contributed by atoms with Gasteiger partial charge in [0.1, 0.15) is 11.2 Å². The minimum Gasteiger partial charge on any atom is -0.458 e. The minimum absolute atomic E-state index is 0.0550. The van der Waals surface area contributed by atoms with Crippen molar-refractivity contribution in [2.45, 2.75) is 97.9 Å². The van der Waals surface area contributed by atoms with E-state index >= 15 is 0 Å². The molecule has 1 amide bonds. The number of benzene rings is 1. The Hall–Kier alpha value is -2.81. The molecule has 0 aliphatic carbocycles. The first kappa shape index (κ1) is 27.2. The Balaban J connectivity index is 3.32. The van der Waals surface area contributed by atoms with Crippen molar-refractivity contribution in [3.05, 3.63) is 35.9 Å². The topological polar surface area (TPSA) is 72.9 Å². The fraction of sp³-hybridized carbons (Fsp3) is 0.577. The first-order chi connectivity index (χ1) is 14.8. The van der Waals surface area contributed by atoms with Crippen molar-refractivity contribution >= 4 is 17.8 Å². The molecule has 1 aromatic rings. The number of amides is 1. The summed E-state index contributed by atoms with van der Waals surface area (Å²) in [6.45, 7) is 12.4. The number of hydrogen-bond donors (Lipinski definition) is 0. The molecule has 0 aromatic heterocycles. The molecule has 0 saturated heterocycles. The SMILES string of the molecule is CCCCC#CCC(=O)N(Cc1ccccc1)C(C(=O)OC(C)(C)C)C(=O)OC(C)(C)C. The molecule has 0 saturated carbocycles. The highest BCUT2D eigenvalue weighted by Gasteiger charge is 2.41. The molecule has 1 rings (SSSR count). The van der Waals surface area contributed by atoms with Crippen LogP contribution in [0.5, 0.6) is 0 Å². The number of carbonyl (C=O) groups excluding carboxylic acids is 3. The number of esters is 2. The standard InChI is InChI=1S/C26H37NO5/c1-8-9-10-11-15-18-21(28)27(19-20-16-13-12-14-17-20)22(23(29)31-25(2,3)4)24(30)32-26(5,6)7/h12-14,16-17,22H,8-10,18-19H2,1-7H3. The number of ether oxygens (including phenoxy) is 2. The number of carbonyl (C=O) groups is 3. The summed E-state index contributed by atoms with van der Waals surface area (Å²) in [6.07, 6.45) is 2.57. The fourth-order valence-electron chi connectivity index (χ4n) is 2.76. The average molecular weight is 444 g/mol. The Bertz CT molecular complexity index is 794. The first-order valence-electron chi connectivity index (χ1n) is 11.1. The lowest BCUT2D eigenvalue weighted by Gasteiger charge is -2.32. The van der Waals surface area contributed by atoms with Crippen molar-refractivity contribution in [1.82, 2.24) is 4.90 Å². The monoisotopic (exact) mass is 443 g/mol. The number of rotatable bonds is 8. The van der Waals surface area contributed by atoms with Gasteiger partial charge in [-0.05, 0) is 53.5 Å². The van der Waals surface area contributed by atoms with Crippen LogP contribution in [-0.2, 0) is 30.4 Å². The van der Waals surface area contributed by atoms with Gasteiger partial charge >= 0.3 is 11.9 Å². The molecule has 0 aliphatic heterocycles. The normalized spacial score (nSPS) is 11.4. The lowest BCUT2D eigenvalue weighted by molar-refractivity contribution is -0.179. The highest BCUT2D eigenvalue weighted by atomic mass is 16.6. The van der Waals surface area contributed by atoms with Crippen LogP contribution >= 0.6 is 0 Å². The second-order valence-electron chi connectivity index (χ2n) is 9.61. The summed E-state index contributed by atoms with van der Waals surface area (Å²) in [5, 5.41) is 0. The minimum atomic E-state index is -1.53. The van der Waals surface area contributed by atoms with Crippen molar-refractivity contribution in [2.24, 2.45) is 0 Å². The Morgan fingerprint density at radius 3 is 1.91 bits per heavy atom. The molecule has 0 aliphatic rings. The predicted octanol–water partition coefficient (Wildman–Crippen LogP) is 4.65. The van der Waals surface area contributed by atoms with Crippen LogP contribution < -0.4 is 0 Å². The van der Waals surface area contributed by atoms with Gasteiger partial charge < -0.3 is 14.4 Å². The zero-order chi connectivity index (χ0) is 24.4. The molecule has 1 aromatic carbocycles. The molecular formula is C26H37NO5. The van der Waals surface area contributed by atoms with Gasteiger partial charge in [0.2, 0.25) is 11.9 Å². The molecule has 0 fully saturated rings. The van der Waals surface area contributed by atoms with Crippen LogP contribution in [0.3, 0.4) is 0 Å². The second-order valence-corrected chi connectivity index (χ2v) is 9.61. The fourth-order valence-corrected chi connectivity index (χ4v) is 2.76. The van der Waals surface area contributed by atoms with E-state index in [2.05, 4.69) is 18.8 Å². The van der Waals surface area contributed by atoms with Gasteiger partial charge in [0.05, 0.1) is 6.42 Å². The van der Waals surface area contributed by atoms with Gasteiger partial charge in [-0.15, -0.1) is 5.92 Å². The highest BCUT2D eigenvalue weighted by molar-refractivity contribution is 6.02. The van der Waals surface area contributed by atoms with Gasteiger partial charge in [0.25, 0.3) is 0 Å². The Labute approximate surface area is 192 Å². The second kappa shape index (κ2) is 12.3. The summed E-state index contributed by atoms with van der Waals surface area (Å²) in [6, 6.07) is 7.65. The van der Waals surface area contributed by atoms with E-state index in [1.54, 1.807) is 41.5 Å². The van der Waals surface area contributed by atoms with Crippen molar-refractivity contribution in [1.29, 1.82) is 0 Å². The summed E-state index contributed by atoms with van der Waals surface area (Å²) in [5.41, 5.74) is -0.894. The summed E-state index contributed by atoms with van der Waals surface area (Å²) in [5.74, 6) is 3.77. The molecule has 176 valence electrons. The maximum atomic E-state index is 13.2. The van der Waals surface area contributed by atoms with Gasteiger partial charge in [-0.1, -0.05) is 49.6 Å². The average Bonchev–Trinajstić information content (AvgIpc) is 2.65. The van der Waals surface area contributed by atoms with E-state index in [1.807, 2.05) is 30.3 Å². The number of unbranched alkanes of at least 4 members (excludes halogenated alkanes) is 2. The molecule has 0 radical (unpaired) electrons. The maximum absolute atomic E-state index is 13.2. The Morgan fingerprint density at radius 1 is 0.906 bits per heavy atom. The Kier molecular flexibility index (Phi) is 10.5. The van der Waals surface area contributed by atoms with Crippen LogP contribution in [0.1, 0.15) is 79.7 Å². The number of nitrogens with zero attached hydrogens (tertiary/aromatic N) is 1. The van der Waals surface area contributed by atoms with E-state index in [4.69, 9.17) is 9.47 Å².